The number of alkyl carbamates (subject to hydrolysis) is 1. The first-order valence-electron chi connectivity index (χ1n) is 8.76. The van der Waals surface area contributed by atoms with Crippen LogP contribution in [0.1, 0.15) is 40.2 Å². The number of amides is 1. The summed E-state index contributed by atoms with van der Waals surface area (Å²) in [5, 5.41) is 5.87. The predicted molar refractivity (Wildman–Crippen MR) is 106 cm³/mol. The summed E-state index contributed by atoms with van der Waals surface area (Å²) >= 11 is 1.58. The molecule has 142 valence electrons. The van der Waals surface area contributed by atoms with Gasteiger partial charge in [0.15, 0.2) is 0 Å². The molecule has 0 aliphatic rings. The molecule has 1 amide bonds. The number of rotatable bonds is 6. The molecule has 1 N–H and O–H groups in total. The van der Waals surface area contributed by atoms with Gasteiger partial charge >= 0.3 is 6.09 Å². The third-order valence-electron chi connectivity index (χ3n) is 3.89. The number of ether oxygens (including phenoxy) is 2. The smallest absolute Gasteiger partial charge is 0.407 e. The van der Waals surface area contributed by atoms with Crippen LogP contribution in [0.3, 0.4) is 0 Å². The van der Waals surface area contributed by atoms with E-state index in [1.807, 2.05) is 38.3 Å². The standard InChI is InChI=1S/C20H28N2O3S/c1-13(2)16(22-19(23)25-20(3,4)5)12-14-7-8-17(24-6)15(11-14)18-21-9-10-26-18/h7-11,13,16H,12H2,1-6H3,(H,22,23). The first-order valence-corrected chi connectivity index (χ1v) is 9.64. The largest absolute Gasteiger partial charge is 0.496 e. The van der Waals surface area contributed by atoms with Crippen molar-refractivity contribution >= 4 is 17.4 Å². The van der Waals surface area contributed by atoms with E-state index in [0.717, 1.165) is 21.9 Å². The lowest BCUT2D eigenvalue weighted by molar-refractivity contribution is 0.0490. The Kier molecular flexibility index (Phi) is 6.64. The molecule has 0 fully saturated rings. The topological polar surface area (TPSA) is 60.5 Å². The van der Waals surface area contributed by atoms with Crippen LogP contribution in [0.4, 0.5) is 4.79 Å². The average molecular weight is 377 g/mol. The Hall–Kier alpha value is -2.08. The molecule has 1 aromatic carbocycles. The van der Waals surface area contributed by atoms with Gasteiger partial charge in [-0.05, 0) is 50.8 Å². The fourth-order valence-corrected chi connectivity index (χ4v) is 3.23. The normalized spacial score (nSPS) is 12.7. The van der Waals surface area contributed by atoms with Crippen LogP contribution in [0, 0.1) is 5.92 Å². The van der Waals surface area contributed by atoms with Gasteiger partial charge in [-0.2, -0.15) is 0 Å². The maximum Gasteiger partial charge on any atom is 0.407 e. The molecule has 1 unspecified atom stereocenters. The average Bonchev–Trinajstić information content (AvgIpc) is 3.06. The second kappa shape index (κ2) is 8.54. The Balaban J connectivity index is 2.18. The van der Waals surface area contributed by atoms with Crippen LogP contribution in [-0.4, -0.2) is 29.8 Å². The van der Waals surface area contributed by atoms with Crippen molar-refractivity contribution in [2.24, 2.45) is 5.92 Å². The molecule has 0 saturated carbocycles. The van der Waals surface area contributed by atoms with Crippen LogP contribution in [0.15, 0.2) is 29.8 Å². The molecule has 2 rings (SSSR count). The van der Waals surface area contributed by atoms with E-state index in [1.54, 1.807) is 24.6 Å². The number of aromatic nitrogens is 1. The van der Waals surface area contributed by atoms with Crippen molar-refractivity contribution in [3.05, 3.63) is 35.3 Å². The number of carbonyl (C=O) groups is 1. The maximum atomic E-state index is 12.2. The van der Waals surface area contributed by atoms with Gasteiger partial charge in [-0.15, -0.1) is 11.3 Å². The van der Waals surface area contributed by atoms with Gasteiger partial charge in [0, 0.05) is 17.6 Å². The quantitative estimate of drug-likeness (QED) is 0.778. The summed E-state index contributed by atoms with van der Waals surface area (Å²) in [5.41, 5.74) is 1.58. The zero-order valence-corrected chi connectivity index (χ0v) is 17.1. The van der Waals surface area contributed by atoms with Crippen molar-refractivity contribution in [2.75, 3.05) is 7.11 Å². The summed E-state index contributed by atoms with van der Waals surface area (Å²) in [4.78, 5) is 16.5. The van der Waals surface area contributed by atoms with Crippen molar-refractivity contribution in [3.63, 3.8) is 0 Å². The second-order valence-corrected chi connectivity index (χ2v) is 8.47. The molecule has 1 heterocycles. The Morgan fingerprint density at radius 3 is 2.58 bits per heavy atom. The molecule has 0 bridgehead atoms. The fourth-order valence-electron chi connectivity index (χ4n) is 2.57. The lowest BCUT2D eigenvalue weighted by Crippen LogP contribution is -2.43. The van der Waals surface area contributed by atoms with E-state index in [2.05, 4.69) is 30.2 Å². The molecular formula is C20H28N2O3S. The van der Waals surface area contributed by atoms with Gasteiger partial charge in [0.05, 0.1) is 12.7 Å². The summed E-state index contributed by atoms with van der Waals surface area (Å²) in [6.45, 7) is 9.77. The number of nitrogens with one attached hydrogen (secondary N) is 1. The minimum atomic E-state index is -0.510. The Bertz CT molecular complexity index is 721. The van der Waals surface area contributed by atoms with Gasteiger partial charge < -0.3 is 14.8 Å². The van der Waals surface area contributed by atoms with Crippen LogP contribution < -0.4 is 10.1 Å². The molecular weight excluding hydrogens is 348 g/mol. The van der Waals surface area contributed by atoms with E-state index >= 15 is 0 Å². The number of nitrogens with zero attached hydrogens (tertiary/aromatic N) is 1. The molecule has 26 heavy (non-hydrogen) atoms. The van der Waals surface area contributed by atoms with Gasteiger partial charge in [0.1, 0.15) is 16.4 Å². The summed E-state index contributed by atoms with van der Waals surface area (Å²) < 4.78 is 10.9. The van der Waals surface area contributed by atoms with E-state index in [1.165, 1.54) is 0 Å². The number of hydrogen-bond acceptors (Lipinski definition) is 5. The Morgan fingerprint density at radius 1 is 1.31 bits per heavy atom. The summed E-state index contributed by atoms with van der Waals surface area (Å²) in [5.74, 6) is 1.07. The highest BCUT2D eigenvalue weighted by Crippen LogP contribution is 2.32. The van der Waals surface area contributed by atoms with Crippen molar-refractivity contribution in [3.8, 4) is 16.3 Å². The van der Waals surface area contributed by atoms with Crippen LogP contribution in [0.5, 0.6) is 5.75 Å². The Morgan fingerprint density at radius 2 is 2.04 bits per heavy atom. The predicted octanol–water partition coefficient (Wildman–Crippen LogP) is 4.91. The molecule has 0 spiro atoms. The van der Waals surface area contributed by atoms with E-state index < -0.39 is 5.60 Å². The van der Waals surface area contributed by atoms with Crippen molar-refractivity contribution in [1.82, 2.24) is 10.3 Å². The monoisotopic (exact) mass is 376 g/mol. The molecule has 2 aromatic rings. The molecule has 0 radical (unpaired) electrons. The van der Waals surface area contributed by atoms with Gasteiger partial charge in [-0.3, -0.25) is 0 Å². The van der Waals surface area contributed by atoms with Crippen LogP contribution >= 0.6 is 11.3 Å². The number of methoxy groups -OCH3 is 1. The summed E-state index contributed by atoms with van der Waals surface area (Å²) in [6.07, 6.45) is 2.11. The zero-order valence-electron chi connectivity index (χ0n) is 16.3. The van der Waals surface area contributed by atoms with E-state index in [-0.39, 0.29) is 18.1 Å². The summed E-state index contributed by atoms with van der Waals surface area (Å²) in [7, 11) is 1.66. The van der Waals surface area contributed by atoms with Crippen LogP contribution in [0.2, 0.25) is 0 Å². The number of carbonyl (C=O) groups excluding carboxylic acids is 1. The third kappa shape index (κ3) is 5.73. The molecule has 0 aliphatic heterocycles. The first kappa shape index (κ1) is 20.2. The van der Waals surface area contributed by atoms with E-state index in [4.69, 9.17) is 9.47 Å². The van der Waals surface area contributed by atoms with Crippen LogP contribution in [-0.2, 0) is 11.2 Å². The van der Waals surface area contributed by atoms with Gasteiger partial charge in [-0.1, -0.05) is 19.9 Å². The molecule has 1 aromatic heterocycles. The van der Waals surface area contributed by atoms with Crippen LogP contribution in [0.25, 0.3) is 10.6 Å². The van der Waals surface area contributed by atoms with E-state index in [0.29, 0.717) is 6.42 Å². The molecule has 0 saturated heterocycles. The zero-order chi connectivity index (χ0) is 19.3. The SMILES string of the molecule is COc1ccc(CC(NC(=O)OC(C)(C)C)C(C)C)cc1-c1nccs1. The fraction of sp³-hybridized carbons (Fsp3) is 0.500. The van der Waals surface area contributed by atoms with Crippen molar-refractivity contribution < 1.29 is 14.3 Å². The maximum absolute atomic E-state index is 12.2. The minimum absolute atomic E-state index is 0.0256. The summed E-state index contributed by atoms with van der Waals surface area (Å²) in [6, 6.07) is 6.05. The highest BCUT2D eigenvalue weighted by Gasteiger charge is 2.22. The molecule has 5 nitrogen and oxygen atoms in total. The van der Waals surface area contributed by atoms with Crippen molar-refractivity contribution in [1.29, 1.82) is 0 Å². The number of thiazole rings is 1. The molecule has 0 aliphatic carbocycles. The van der Waals surface area contributed by atoms with Gasteiger partial charge in [-0.25, -0.2) is 9.78 Å². The first-order chi connectivity index (χ1) is 12.2. The second-order valence-electron chi connectivity index (χ2n) is 7.57. The third-order valence-corrected chi connectivity index (χ3v) is 4.70. The van der Waals surface area contributed by atoms with Crippen molar-refractivity contribution in [2.45, 2.75) is 52.7 Å². The lowest BCUT2D eigenvalue weighted by atomic mass is 9.95. The van der Waals surface area contributed by atoms with E-state index in [9.17, 15) is 4.79 Å². The van der Waals surface area contributed by atoms with Gasteiger partial charge in [0.2, 0.25) is 0 Å². The number of benzene rings is 1. The number of hydrogen-bond donors (Lipinski definition) is 1. The lowest BCUT2D eigenvalue weighted by Gasteiger charge is -2.26. The Labute approximate surface area is 159 Å². The molecule has 6 heteroatoms. The highest BCUT2D eigenvalue weighted by atomic mass is 32.1. The highest BCUT2D eigenvalue weighted by molar-refractivity contribution is 7.13. The van der Waals surface area contributed by atoms with Gasteiger partial charge in [0.25, 0.3) is 0 Å². The molecule has 1 atom stereocenters. The minimum Gasteiger partial charge on any atom is -0.496 e.